The summed E-state index contributed by atoms with van der Waals surface area (Å²) in [5.41, 5.74) is -0.317. The van der Waals surface area contributed by atoms with Crippen LogP contribution in [0.15, 0.2) is 0 Å². The van der Waals surface area contributed by atoms with Crippen molar-refractivity contribution in [3.63, 3.8) is 0 Å². The van der Waals surface area contributed by atoms with E-state index in [2.05, 4.69) is 28.6 Å². The molecule has 3 N–H and O–H groups in total. The van der Waals surface area contributed by atoms with E-state index in [9.17, 15) is 9.59 Å². The van der Waals surface area contributed by atoms with Crippen molar-refractivity contribution < 1.29 is 9.59 Å². The molecule has 23 heavy (non-hydrogen) atoms. The molecule has 1 rings (SSSR count). The maximum absolute atomic E-state index is 12.5. The summed E-state index contributed by atoms with van der Waals surface area (Å²) >= 11 is 4.21. The van der Waals surface area contributed by atoms with Gasteiger partial charge < -0.3 is 16.0 Å². The van der Waals surface area contributed by atoms with Crippen LogP contribution < -0.4 is 16.0 Å². The highest BCUT2D eigenvalue weighted by atomic mass is 32.1. The van der Waals surface area contributed by atoms with Gasteiger partial charge in [0.1, 0.15) is 6.04 Å². The third-order valence-corrected chi connectivity index (χ3v) is 4.28. The number of urea groups is 1. The highest BCUT2D eigenvalue weighted by molar-refractivity contribution is 7.80. The summed E-state index contributed by atoms with van der Waals surface area (Å²) in [4.78, 5) is 24.6. The minimum absolute atomic E-state index is 0.0492. The molecule has 1 aliphatic carbocycles. The summed E-state index contributed by atoms with van der Waals surface area (Å²) in [6.45, 7) is 5.77. The maximum atomic E-state index is 12.5. The number of hydrogen-bond acceptors (Lipinski definition) is 3. The second-order valence-corrected chi connectivity index (χ2v) is 7.91. The Kier molecular flexibility index (Phi) is 8.81. The number of thiol groups is 1. The Labute approximate surface area is 146 Å². The lowest BCUT2D eigenvalue weighted by Crippen LogP contribution is -2.54. The van der Waals surface area contributed by atoms with Crippen LogP contribution in [0.1, 0.15) is 72.1 Å². The van der Waals surface area contributed by atoms with Crippen LogP contribution in [0.4, 0.5) is 4.79 Å². The third-order valence-electron chi connectivity index (χ3n) is 3.96. The summed E-state index contributed by atoms with van der Waals surface area (Å²) in [6, 6.07) is -0.467. The highest BCUT2D eigenvalue weighted by Gasteiger charge is 2.25. The van der Waals surface area contributed by atoms with Gasteiger partial charge in [0.25, 0.3) is 0 Å². The van der Waals surface area contributed by atoms with Crippen molar-refractivity contribution in [2.45, 2.75) is 89.8 Å². The second kappa shape index (κ2) is 10.1. The van der Waals surface area contributed by atoms with Gasteiger partial charge in [0, 0.05) is 11.6 Å². The summed E-state index contributed by atoms with van der Waals surface area (Å²) in [5, 5.41) is 8.79. The van der Waals surface area contributed by atoms with E-state index in [0.29, 0.717) is 6.42 Å². The molecule has 1 fully saturated rings. The van der Waals surface area contributed by atoms with Gasteiger partial charge in [-0.15, -0.1) is 0 Å². The zero-order chi connectivity index (χ0) is 17.3. The number of rotatable bonds is 8. The van der Waals surface area contributed by atoms with Crippen LogP contribution in [0.5, 0.6) is 0 Å². The number of amides is 3. The van der Waals surface area contributed by atoms with Gasteiger partial charge in [-0.2, -0.15) is 12.6 Å². The molecule has 0 aromatic rings. The largest absolute Gasteiger partial charge is 0.352 e. The molecular weight excluding hydrogens is 310 g/mol. The molecule has 0 aliphatic heterocycles. The summed E-state index contributed by atoms with van der Waals surface area (Å²) in [7, 11) is 0. The van der Waals surface area contributed by atoms with Crippen LogP contribution >= 0.6 is 12.6 Å². The molecule has 1 aliphatic rings. The Hall–Kier alpha value is -0.910. The normalized spacial score (nSPS) is 16.9. The van der Waals surface area contributed by atoms with Gasteiger partial charge in [0.2, 0.25) is 5.91 Å². The van der Waals surface area contributed by atoms with E-state index in [-0.39, 0.29) is 23.5 Å². The van der Waals surface area contributed by atoms with E-state index in [1.807, 2.05) is 20.8 Å². The van der Waals surface area contributed by atoms with Crippen molar-refractivity contribution in [2.24, 2.45) is 0 Å². The number of carbonyl (C=O) groups excluding carboxylic acids is 2. The Morgan fingerprint density at radius 2 is 1.78 bits per heavy atom. The van der Waals surface area contributed by atoms with Crippen molar-refractivity contribution in [3.05, 3.63) is 0 Å². The van der Waals surface area contributed by atoms with Gasteiger partial charge in [0.15, 0.2) is 0 Å². The van der Waals surface area contributed by atoms with Crippen LogP contribution in [-0.4, -0.2) is 35.3 Å². The van der Waals surface area contributed by atoms with E-state index < -0.39 is 6.04 Å². The first-order chi connectivity index (χ1) is 10.8. The van der Waals surface area contributed by atoms with Gasteiger partial charge in [-0.25, -0.2) is 4.79 Å². The van der Waals surface area contributed by atoms with Crippen LogP contribution in [0, 0.1) is 0 Å². The number of carbonyl (C=O) groups is 2. The molecule has 0 saturated heterocycles. The topological polar surface area (TPSA) is 70.2 Å². The minimum atomic E-state index is -0.460. The smallest absolute Gasteiger partial charge is 0.315 e. The van der Waals surface area contributed by atoms with Gasteiger partial charge in [-0.3, -0.25) is 4.79 Å². The van der Waals surface area contributed by atoms with E-state index in [1.54, 1.807) is 0 Å². The van der Waals surface area contributed by atoms with Crippen molar-refractivity contribution >= 4 is 24.6 Å². The number of hydrogen-bond donors (Lipinski definition) is 4. The minimum Gasteiger partial charge on any atom is -0.352 e. The summed E-state index contributed by atoms with van der Waals surface area (Å²) in [5.74, 6) is 0.809. The van der Waals surface area contributed by atoms with Crippen molar-refractivity contribution in [3.8, 4) is 0 Å². The third kappa shape index (κ3) is 9.08. The summed E-state index contributed by atoms with van der Waals surface area (Å²) in [6.07, 6.45) is 8.10. The molecule has 0 bridgehead atoms. The zero-order valence-electron chi connectivity index (χ0n) is 14.8. The highest BCUT2D eigenvalue weighted by Crippen LogP contribution is 2.18. The fourth-order valence-electron chi connectivity index (χ4n) is 2.81. The lowest BCUT2D eigenvalue weighted by atomic mass is 10.1. The molecule has 6 heteroatoms. The molecular formula is C17H33N3O2S. The zero-order valence-corrected chi connectivity index (χ0v) is 15.7. The Morgan fingerprint density at radius 3 is 2.35 bits per heavy atom. The standard InChI is InChI=1S/C17H33N3O2S/c1-17(2,3)20-16(22)19-14(11-5-4-8-12-23)15(21)18-13-9-6-7-10-13/h13-14,23H,4-12H2,1-3H3,(H,18,21)(H2,19,20,22)/t14-/m0/s1. The average Bonchev–Trinajstić information content (AvgIpc) is 2.93. The van der Waals surface area contributed by atoms with Crippen molar-refractivity contribution in [2.75, 3.05) is 5.75 Å². The molecule has 0 spiro atoms. The van der Waals surface area contributed by atoms with Crippen LogP contribution in [0.3, 0.4) is 0 Å². The lowest BCUT2D eigenvalue weighted by molar-refractivity contribution is -0.123. The Morgan fingerprint density at radius 1 is 1.13 bits per heavy atom. The predicted octanol–water partition coefficient (Wildman–Crippen LogP) is 3.00. The molecule has 0 unspecified atom stereocenters. The molecule has 1 atom stereocenters. The van der Waals surface area contributed by atoms with Crippen LogP contribution in [-0.2, 0) is 4.79 Å². The van der Waals surface area contributed by atoms with E-state index in [4.69, 9.17) is 0 Å². The van der Waals surface area contributed by atoms with E-state index in [0.717, 1.165) is 37.9 Å². The SMILES string of the molecule is CC(C)(C)NC(=O)N[C@@H](CCCCCS)C(=O)NC1CCCC1. The van der Waals surface area contributed by atoms with Gasteiger partial charge >= 0.3 is 6.03 Å². The molecule has 3 amide bonds. The monoisotopic (exact) mass is 343 g/mol. The molecule has 5 nitrogen and oxygen atoms in total. The molecule has 0 aromatic heterocycles. The summed E-state index contributed by atoms with van der Waals surface area (Å²) < 4.78 is 0. The first-order valence-corrected chi connectivity index (χ1v) is 9.45. The number of nitrogens with one attached hydrogen (secondary N) is 3. The van der Waals surface area contributed by atoms with Crippen LogP contribution in [0.25, 0.3) is 0 Å². The van der Waals surface area contributed by atoms with Crippen molar-refractivity contribution in [1.29, 1.82) is 0 Å². The van der Waals surface area contributed by atoms with Gasteiger partial charge in [0.05, 0.1) is 0 Å². The fraction of sp³-hybridized carbons (Fsp3) is 0.882. The molecule has 0 radical (unpaired) electrons. The lowest BCUT2D eigenvalue weighted by Gasteiger charge is -2.25. The van der Waals surface area contributed by atoms with E-state index in [1.165, 1.54) is 12.8 Å². The predicted molar refractivity (Wildman–Crippen MR) is 97.9 cm³/mol. The maximum Gasteiger partial charge on any atom is 0.315 e. The number of unbranched alkanes of at least 4 members (excludes halogenated alkanes) is 2. The first-order valence-electron chi connectivity index (χ1n) is 8.82. The average molecular weight is 344 g/mol. The second-order valence-electron chi connectivity index (χ2n) is 7.46. The van der Waals surface area contributed by atoms with E-state index >= 15 is 0 Å². The molecule has 1 saturated carbocycles. The van der Waals surface area contributed by atoms with Crippen LogP contribution in [0.2, 0.25) is 0 Å². The molecule has 134 valence electrons. The fourth-order valence-corrected chi connectivity index (χ4v) is 3.04. The van der Waals surface area contributed by atoms with Crippen molar-refractivity contribution in [1.82, 2.24) is 16.0 Å². The quantitative estimate of drug-likeness (QED) is 0.404. The first kappa shape index (κ1) is 20.1. The molecule has 0 heterocycles. The Balaban J connectivity index is 2.52. The van der Waals surface area contributed by atoms with Gasteiger partial charge in [-0.1, -0.05) is 25.7 Å². The Bertz CT molecular complexity index is 377. The molecule has 0 aromatic carbocycles. The van der Waals surface area contributed by atoms with Gasteiger partial charge in [-0.05, 0) is 52.2 Å².